The molecule has 0 aromatic carbocycles. The first-order valence-corrected chi connectivity index (χ1v) is 9.47. The highest BCUT2D eigenvalue weighted by Crippen LogP contribution is 2.27. The summed E-state index contributed by atoms with van der Waals surface area (Å²) in [5.41, 5.74) is -0.651. The average molecular weight is 389 g/mol. The van der Waals surface area contributed by atoms with Crippen LogP contribution in [0, 0.1) is 5.82 Å². The van der Waals surface area contributed by atoms with Gasteiger partial charge in [-0.05, 0) is 25.6 Å². The van der Waals surface area contributed by atoms with Crippen molar-refractivity contribution in [2.24, 2.45) is 0 Å². The summed E-state index contributed by atoms with van der Waals surface area (Å²) in [5.74, 6) is -0.846. The van der Waals surface area contributed by atoms with Gasteiger partial charge in [0.25, 0.3) is 5.56 Å². The van der Waals surface area contributed by atoms with Gasteiger partial charge >= 0.3 is 0 Å². The van der Waals surface area contributed by atoms with E-state index in [1.54, 1.807) is 6.26 Å². The van der Waals surface area contributed by atoms with E-state index in [1.807, 2.05) is 0 Å². The number of hydrogen-bond acceptors (Lipinski definition) is 7. The minimum Gasteiger partial charge on any atom is -0.477 e. The highest BCUT2D eigenvalue weighted by Gasteiger charge is 2.20. The summed E-state index contributed by atoms with van der Waals surface area (Å²) in [6.45, 7) is 2.51. The van der Waals surface area contributed by atoms with Gasteiger partial charge in [-0.15, -0.1) is 0 Å². The topological polar surface area (TPSA) is 89.1 Å². The zero-order chi connectivity index (χ0) is 17.8. The maximum absolute atomic E-state index is 14.2. The van der Waals surface area contributed by atoms with Gasteiger partial charge in [0.1, 0.15) is 10.9 Å². The fourth-order valence-corrected chi connectivity index (χ4v) is 3.09. The summed E-state index contributed by atoms with van der Waals surface area (Å²) in [7, 11) is 0. The number of nitrogens with zero attached hydrogens (tertiary/aromatic N) is 2. The molecule has 1 aliphatic heterocycles. The Bertz CT molecular complexity index is 811. The minimum absolute atomic E-state index is 0.0163. The highest BCUT2D eigenvalue weighted by molar-refractivity contribution is 7.98. The number of rotatable bonds is 5. The molecule has 0 unspecified atom stereocenters. The van der Waals surface area contributed by atoms with Gasteiger partial charge in [-0.1, -0.05) is 23.4 Å². The minimum atomic E-state index is -0.829. The van der Waals surface area contributed by atoms with Gasteiger partial charge in [0.15, 0.2) is 16.1 Å². The molecule has 7 nitrogen and oxygen atoms in total. The number of halogens is 2. The van der Waals surface area contributed by atoms with Crippen LogP contribution in [0.2, 0.25) is 5.15 Å². The van der Waals surface area contributed by atoms with Crippen molar-refractivity contribution < 1.29 is 13.9 Å². The Balaban J connectivity index is 1.83. The molecule has 0 radical (unpaired) electrons. The molecule has 0 saturated carbocycles. The van der Waals surface area contributed by atoms with Gasteiger partial charge in [0.05, 0.1) is 13.2 Å². The molecule has 1 atom stereocenters. The number of ether oxygens (including phenoxy) is 2. The van der Waals surface area contributed by atoms with Gasteiger partial charge in [-0.2, -0.15) is 4.98 Å². The van der Waals surface area contributed by atoms with Crippen molar-refractivity contribution in [3.63, 3.8) is 0 Å². The second-order valence-electron chi connectivity index (χ2n) is 5.54. The summed E-state index contributed by atoms with van der Waals surface area (Å²) in [5, 5.41) is 3.24. The molecule has 136 valence electrons. The first-order valence-electron chi connectivity index (χ1n) is 7.87. The molecule has 1 fully saturated rings. The molecule has 3 rings (SSSR count). The molecule has 0 bridgehead atoms. The molecule has 0 aliphatic carbocycles. The maximum Gasteiger partial charge on any atom is 0.265 e. The van der Waals surface area contributed by atoms with Gasteiger partial charge in [0.2, 0.25) is 5.88 Å². The van der Waals surface area contributed by atoms with Crippen LogP contribution in [-0.2, 0) is 4.74 Å². The van der Waals surface area contributed by atoms with Crippen LogP contribution in [0.1, 0.15) is 12.8 Å². The third-order valence-corrected chi connectivity index (χ3v) is 4.65. The van der Waals surface area contributed by atoms with Crippen LogP contribution >= 0.6 is 23.4 Å². The number of thioether (sulfide) groups is 1. The smallest absolute Gasteiger partial charge is 0.265 e. The van der Waals surface area contributed by atoms with Crippen molar-refractivity contribution in [1.29, 1.82) is 0 Å². The van der Waals surface area contributed by atoms with E-state index in [0.29, 0.717) is 18.2 Å². The molecular weight excluding hydrogens is 371 g/mol. The summed E-state index contributed by atoms with van der Waals surface area (Å²) in [6, 6.07) is 0.157. The lowest BCUT2D eigenvalue weighted by molar-refractivity contribution is 0.123. The second-order valence-corrected chi connectivity index (χ2v) is 6.69. The summed E-state index contributed by atoms with van der Waals surface area (Å²) < 4.78 is 25.3. The lowest BCUT2D eigenvalue weighted by atomic mass is 10.2. The number of aromatic nitrogens is 3. The summed E-state index contributed by atoms with van der Waals surface area (Å²) in [6.07, 6.45) is 3.35. The average Bonchev–Trinajstić information content (AvgIpc) is 2.87. The Kier molecular flexibility index (Phi) is 6.10. The van der Waals surface area contributed by atoms with Crippen molar-refractivity contribution in [1.82, 2.24) is 20.3 Å². The first kappa shape index (κ1) is 18.4. The number of pyridine rings is 1. The Hall–Kier alpha value is -1.42. The number of hydrogen-bond donors (Lipinski definition) is 2. The first-order chi connectivity index (χ1) is 12.1. The molecule has 2 aromatic heterocycles. The molecule has 2 N–H and O–H groups in total. The highest BCUT2D eigenvalue weighted by atomic mass is 35.5. The number of nitrogens with one attached hydrogen (secondary N) is 2. The van der Waals surface area contributed by atoms with Crippen LogP contribution in [-0.4, -0.2) is 53.6 Å². The van der Waals surface area contributed by atoms with Crippen molar-refractivity contribution in [2.75, 3.05) is 32.6 Å². The molecule has 1 saturated heterocycles. The predicted octanol–water partition coefficient (Wildman–Crippen LogP) is 1.98. The van der Waals surface area contributed by atoms with Crippen LogP contribution in [0.3, 0.4) is 0 Å². The second kappa shape index (κ2) is 8.31. The normalized spacial score (nSPS) is 18.3. The molecule has 10 heteroatoms. The van der Waals surface area contributed by atoms with Crippen molar-refractivity contribution >= 4 is 34.3 Å². The Morgan fingerprint density at radius 3 is 3.12 bits per heavy atom. The van der Waals surface area contributed by atoms with Crippen molar-refractivity contribution in [2.45, 2.75) is 24.0 Å². The largest absolute Gasteiger partial charge is 0.477 e. The van der Waals surface area contributed by atoms with Gasteiger partial charge in [-0.3, -0.25) is 4.79 Å². The SMILES string of the molecule is CSc1nc2c(F)c(Cl)nc(OCC[C@@H]3COCCCN3)c2c(=O)[nH]1. The third-order valence-electron chi connectivity index (χ3n) is 3.82. The standard InChI is InChI=1S/C15H18ClFN4O3S/c1-25-15-19-11-9(13(22)21-15)14(20-12(16)10(11)17)24-6-3-8-7-23-5-2-4-18-8/h8,18H,2-7H2,1H3,(H,19,21,22)/t8-/m1/s1. The van der Waals surface area contributed by atoms with Crippen LogP contribution in [0.4, 0.5) is 4.39 Å². The third kappa shape index (κ3) is 4.22. The monoisotopic (exact) mass is 388 g/mol. The molecule has 2 aromatic rings. The molecule has 25 heavy (non-hydrogen) atoms. The number of H-pyrrole nitrogens is 1. The predicted molar refractivity (Wildman–Crippen MR) is 94.2 cm³/mol. The number of fused-ring (bicyclic) bond motifs is 1. The van der Waals surface area contributed by atoms with Gasteiger partial charge < -0.3 is 19.8 Å². The van der Waals surface area contributed by atoms with E-state index in [4.69, 9.17) is 21.1 Å². The quantitative estimate of drug-likeness (QED) is 0.460. The van der Waals surface area contributed by atoms with Gasteiger partial charge in [-0.25, -0.2) is 9.37 Å². The fourth-order valence-electron chi connectivity index (χ4n) is 2.55. The summed E-state index contributed by atoms with van der Waals surface area (Å²) >= 11 is 7.03. The maximum atomic E-state index is 14.2. The van der Waals surface area contributed by atoms with Crippen LogP contribution < -0.4 is 15.6 Å². The van der Waals surface area contributed by atoms with E-state index in [2.05, 4.69) is 20.3 Å². The van der Waals surface area contributed by atoms with Gasteiger partial charge in [0, 0.05) is 12.6 Å². The van der Waals surface area contributed by atoms with E-state index in [0.717, 1.165) is 19.6 Å². The van der Waals surface area contributed by atoms with Crippen molar-refractivity contribution in [3.05, 3.63) is 21.3 Å². The zero-order valence-electron chi connectivity index (χ0n) is 13.6. The molecule has 0 spiro atoms. The van der Waals surface area contributed by atoms with E-state index >= 15 is 0 Å². The molecule has 0 amide bonds. The van der Waals surface area contributed by atoms with Crippen LogP contribution in [0.25, 0.3) is 10.9 Å². The van der Waals surface area contributed by atoms with E-state index in [1.165, 1.54) is 11.8 Å². The van der Waals surface area contributed by atoms with Crippen LogP contribution in [0.15, 0.2) is 9.95 Å². The van der Waals surface area contributed by atoms with E-state index in [-0.39, 0.29) is 34.6 Å². The fraction of sp³-hybridized carbons (Fsp3) is 0.533. The molecular formula is C15H18ClFN4O3S. The zero-order valence-corrected chi connectivity index (χ0v) is 15.2. The summed E-state index contributed by atoms with van der Waals surface area (Å²) in [4.78, 5) is 22.8. The van der Waals surface area contributed by atoms with Crippen molar-refractivity contribution in [3.8, 4) is 5.88 Å². The number of aromatic amines is 1. The lowest BCUT2D eigenvalue weighted by Gasteiger charge is -2.15. The molecule has 1 aliphatic rings. The molecule has 3 heterocycles. The van der Waals surface area contributed by atoms with E-state index in [9.17, 15) is 9.18 Å². The lowest BCUT2D eigenvalue weighted by Crippen LogP contribution is -2.33. The Labute approximate surface area is 152 Å². The van der Waals surface area contributed by atoms with Crippen LogP contribution in [0.5, 0.6) is 5.88 Å². The Morgan fingerprint density at radius 2 is 2.32 bits per heavy atom. The van der Waals surface area contributed by atoms with E-state index < -0.39 is 11.4 Å². The Morgan fingerprint density at radius 1 is 1.48 bits per heavy atom.